The van der Waals surface area contributed by atoms with Crippen molar-refractivity contribution in [3.05, 3.63) is 36.9 Å². The Morgan fingerprint density at radius 2 is 1.90 bits per heavy atom. The Morgan fingerprint density at radius 3 is 2.59 bits per heavy atom. The molecule has 29 heavy (non-hydrogen) atoms. The van der Waals surface area contributed by atoms with Gasteiger partial charge in [0.05, 0.1) is 17.5 Å². The van der Waals surface area contributed by atoms with Crippen molar-refractivity contribution < 1.29 is 13.2 Å². The van der Waals surface area contributed by atoms with Gasteiger partial charge in [0.25, 0.3) is 0 Å². The second kappa shape index (κ2) is 8.60. The van der Waals surface area contributed by atoms with Crippen LogP contribution in [0, 0.1) is 0 Å². The van der Waals surface area contributed by atoms with Crippen LogP contribution in [0.3, 0.4) is 0 Å². The van der Waals surface area contributed by atoms with Crippen LogP contribution in [0.2, 0.25) is 0 Å². The van der Waals surface area contributed by atoms with E-state index in [1.54, 1.807) is 30.6 Å². The Kier molecular flexibility index (Phi) is 5.93. The Hall–Kier alpha value is -2.30. The third kappa shape index (κ3) is 4.65. The van der Waals surface area contributed by atoms with Crippen LogP contribution in [0.15, 0.2) is 41.8 Å². The van der Waals surface area contributed by atoms with Gasteiger partial charge in [-0.2, -0.15) is 9.40 Å². The van der Waals surface area contributed by atoms with Crippen LogP contribution < -0.4 is 5.32 Å². The van der Waals surface area contributed by atoms with Gasteiger partial charge in [0.15, 0.2) is 0 Å². The first-order chi connectivity index (χ1) is 14.0. The van der Waals surface area contributed by atoms with E-state index in [0.717, 1.165) is 38.8 Å². The van der Waals surface area contributed by atoms with Crippen LogP contribution in [0.5, 0.6) is 0 Å². The summed E-state index contributed by atoms with van der Waals surface area (Å²) in [6.07, 6.45) is 6.89. The molecule has 2 aliphatic heterocycles. The summed E-state index contributed by atoms with van der Waals surface area (Å²) in [5.74, 6) is -0.139. The van der Waals surface area contributed by atoms with Gasteiger partial charge in [0, 0.05) is 31.9 Å². The Labute approximate surface area is 170 Å². The number of hydrogen-bond acceptors (Lipinski definition) is 6. The topological polar surface area (TPSA) is 100 Å². The fraction of sp³-hybridized carbons (Fsp3) is 0.526. The number of aromatic nitrogens is 3. The molecule has 0 spiro atoms. The monoisotopic (exact) mass is 418 g/mol. The lowest BCUT2D eigenvalue weighted by Gasteiger charge is -2.31. The molecule has 2 aromatic rings. The normalized spacial score (nSPS) is 19.4. The van der Waals surface area contributed by atoms with E-state index >= 15 is 0 Å². The van der Waals surface area contributed by atoms with Gasteiger partial charge >= 0.3 is 0 Å². The number of carbonyl (C=O) groups is 1. The summed E-state index contributed by atoms with van der Waals surface area (Å²) in [7, 11) is -3.49. The number of benzene rings is 1. The van der Waals surface area contributed by atoms with Gasteiger partial charge in [0.1, 0.15) is 12.7 Å². The smallest absolute Gasteiger partial charge is 0.243 e. The molecule has 156 valence electrons. The molecule has 0 saturated carbocycles. The molecule has 0 aliphatic carbocycles. The van der Waals surface area contributed by atoms with Gasteiger partial charge in [0.2, 0.25) is 15.9 Å². The van der Waals surface area contributed by atoms with Gasteiger partial charge in [-0.3, -0.25) is 9.69 Å². The maximum Gasteiger partial charge on any atom is 0.243 e. The Balaban J connectivity index is 1.32. The third-order valence-electron chi connectivity index (χ3n) is 5.56. The number of nitrogens with zero attached hydrogens (tertiary/aromatic N) is 5. The first-order valence-electron chi connectivity index (χ1n) is 9.99. The van der Waals surface area contributed by atoms with E-state index in [1.807, 2.05) is 4.68 Å². The highest BCUT2D eigenvalue weighted by Gasteiger charge is 2.27. The lowest BCUT2D eigenvalue weighted by atomic mass is 10.1. The molecule has 2 saturated heterocycles. The first-order valence-corrected chi connectivity index (χ1v) is 11.4. The highest BCUT2D eigenvalue weighted by Crippen LogP contribution is 2.24. The van der Waals surface area contributed by atoms with E-state index < -0.39 is 10.0 Å². The number of hydrogen-bond donors (Lipinski definition) is 1. The highest BCUT2D eigenvalue weighted by atomic mass is 32.2. The van der Waals surface area contributed by atoms with E-state index in [4.69, 9.17) is 0 Å². The molecular weight excluding hydrogens is 392 g/mol. The number of amides is 1. The molecule has 10 heteroatoms. The molecule has 1 aromatic carbocycles. The van der Waals surface area contributed by atoms with Gasteiger partial charge < -0.3 is 5.32 Å². The highest BCUT2D eigenvalue weighted by molar-refractivity contribution is 7.89. The van der Waals surface area contributed by atoms with Crippen molar-refractivity contribution in [2.75, 3.05) is 38.0 Å². The van der Waals surface area contributed by atoms with Gasteiger partial charge in [-0.25, -0.2) is 18.1 Å². The van der Waals surface area contributed by atoms with E-state index in [-0.39, 0.29) is 17.3 Å². The average Bonchev–Trinajstić information content (AvgIpc) is 3.43. The molecule has 4 rings (SSSR count). The summed E-state index contributed by atoms with van der Waals surface area (Å²) in [5, 5.41) is 7.03. The molecule has 2 aliphatic rings. The maximum atomic E-state index is 12.7. The molecule has 0 radical (unpaired) electrons. The fourth-order valence-corrected chi connectivity index (χ4v) is 5.53. The van der Waals surface area contributed by atoms with Crippen LogP contribution in [0.4, 0.5) is 5.69 Å². The van der Waals surface area contributed by atoms with Gasteiger partial charge in [-0.05, 0) is 43.9 Å². The second-order valence-electron chi connectivity index (χ2n) is 7.57. The summed E-state index contributed by atoms with van der Waals surface area (Å²) in [6.45, 7) is 3.02. The number of sulfonamides is 1. The number of likely N-dealkylation sites (tertiary alicyclic amines) is 1. The van der Waals surface area contributed by atoms with Crippen molar-refractivity contribution in [3.8, 4) is 0 Å². The number of nitrogens with one attached hydrogen (secondary N) is 1. The van der Waals surface area contributed by atoms with Crippen molar-refractivity contribution >= 4 is 21.6 Å². The zero-order valence-electron chi connectivity index (χ0n) is 16.3. The molecule has 0 atom stereocenters. The number of rotatable bonds is 6. The SMILES string of the molecule is O=C(CN1CCC(n2cncn2)CC1)Nc1cccc(S(=O)(=O)N2CCCC2)c1. The molecular formula is C19H26N6O3S. The van der Waals surface area contributed by atoms with Crippen molar-refractivity contribution in [2.45, 2.75) is 36.6 Å². The van der Waals surface area contributed by atoms with Crippen LogP contribution in [0.25, 0.3) is 0 Å². The summed E-state index contributed by atoms with van der Waals surface area (Å²) in [6, 6.07) is 6.84. The molecule has 1 aromatic heterocycles. The lowest BCUT2D eigenvalue weighted by Crippen LogP contribution is -2.39. The van der Waals surface area contributed by atoms with Gasteiger partial charge in [-0.15, -0.1) is 0 Å². The quantitative estimate of drug-likeness (QED) is 0.760. The van der Waals surface area contributed by atoms with Crippen LogP contribution in [0.1, 0.15) is 31.7 Å². The van der Waals surface area contributed by atoms with Crippen molar-refractivity contribution in [3.63, 3.8) is 0 Å². The summed E-state index contributed by atoms with van der Waals surface area (Å²) in [4.78, 5) is 18.8. The second-order valence-corrected chi connectivity index (χ2v) is 9.51. The van der Waals surface area contributed by atoms with Crippen molar-refractivity contribution in [2.24, 2.45) is 0 Å². The largest absolute Gasteiger partial charge is 0.325 e. The molecule has 9 nitrogen and oxygen atoms in total. The van der Waals surface area contributed by atoms with E-state index in [1.165, 1.54) is 10.6 Å². The van der Waals surface area contributed by atoms with Crippen LogP contribution in [-0.4, -0.2) is 71.0 Å². The standard InChI is InChI=1S/C19H26N6O3S/c26-19(13-23-10-6-17(7-11-23)25-15-20-14-21-25)22-16-4-3-5-18(12-16)29(27,28)24-8-1-2-9-24/h3-5,12,14-15,17H,1-2,6-11,13H2,(H,22,26). The van der Waals surface area contributed by atoms with Gasteiger partial charge in [-0.1, -0.05) is 6.07 Å². The van der Waals surface area contributed by atoms with Crippen molar-refractivity contribution in [1.82, 2.24) is 24.0 Å². The zero-order chi connectivity index (χ0) is 20.3. The minimum absolute atomic E-state index is 0.139. The summed E-state index contributed by atoms with van der Waals surface area (Å²) < 4.78 is 28.8. The molecule has 1 amide bonds. The Bertz CT molecular complexity index is 933. The predicted molar refractivity (Wildman–Crippen MR) is 108 cm³/mol. The van der Waals surface area contributed by atoms with Crippen LogP contribution >= 0.6 is 0 Å². The average molecular weight is 419 g/mol. The maximum absolute atomic E-state index is 12.7. The lowest BCUT2D eigenvalue weighted by molar-refractivity contribution is -0.117. The first kappa shape index (κ1) is 20.0. The molecule has 1 N–H and O–H groups in total. The number of carbonyl (C=O) groups excluding carboxylic acids is 1. The minimum atomic E-state index is -3.49. The third-order valence-corrected chi connectivity index (χ3v) is 7.45. The summed E-state index contributed by atoms with van der Waals surface area (Å²) >= 11 is 0. The van der Waals surface area contributed by atoms with Crippen molar-refractivity contribution in [1.29, 1.82) is 0 Å². The van der Waals surface area contributed by atoms with Crippen LogP contribution in [-0.2, 0) is 14.8 Å². The van der Waals surface area contributed by atoms with E-state index in [0.29, 0.717) is 24.8 Å². The zero-order valence-corrected chi connectivity index (χ0v) is 17.1. The minimum Gasteiger partial charge on any atom is -0.325 e. The van der Waals surface area contributed by atoms with E-state index in [2.05, 4.69) is 20.3 Å². The molecule has 3 heterocycles. The molecule has 0 unspecified atom stereocenters. The summed E-state index contributed by atoms with van der Waals surface area (Å²) in [5.41, 5.74) is 0.507. The Morgan fingerprint density at radius 1 is 1.14 bits per heavy atom. The number of anilines is 1. The number of piperidine rings is 1. The predicted octanol–water partition coefficient (Wildman–Crippen LogP) is 1.34. The fourth-order valence-electron chi connectivity index (χ4n) is 3.96. The molecule has 2 fully saturated rings. The van der Waals surface area contributed by atoms with E-state index in [9.17, 15) is 13.2 Å². The molecule has 0 bridgehead atoms.